The van der Waals surface area contributed by atoms with Crippen molar-refractivity contribution in [2.24, 2.45) is 0 Å². The maximum atomic E-state index is 12.9. The summed E-state index contributed by atoms with van der Waals surface area (Å²) in [5.41, 5.74) is 4.59. The van der Waals surface area contributed by atoms with Crippen molar-refractivity contribution in [3.05, 3.63) is 48.8 Å². The Morgan fingerprint density at radius 2 is 2.10 bits per heavy atom. The number of rotatable bonds is 5. The Hall–Kier alpha value is -3.52. The summed E-state index contributed by atoms with van der Waals surface area (Å²) in [5, 5.41) is 19.0. The lowest BCUT2D eigenvalue weighted by atomic mass is 10.0. The number of fused-ring (bicyclic) bond motifs is 1. The second-order valence-electron chi connectivity index (χ2n) is 7.82. The summed E-state index contributed by atoms with van der Waals surface area (Å²) in [5.74, 6) is 0.789. The lowest BCUT2D eigenvalue weighted by molar-refractivity contribution is -0.118. The van der Waals surface area contributed by atoms with Gasteiger partial charge in [0.15, 0.2) is 5.82 Å². The molecule has 31 heavy (non-hydrogen) atoms. The van der Waals surface area contributed by atoms with E-state index in [-0.39, 0.29) is 11.9 Å². The van der Waals surface area contributed by atoms with E-state index in [0.717, 1.165) is 59.3 Å². The van der Waals surface area contributed by atoms with E-state index in [0.29, 0.717) is 12.2 Å². The number of H-pyrrole nitrogens is 2. The summed E-state index contributed by atoms with van der Waals surface area (Å²) in [4.78, 5) is 19.1. The van der Waals surface area contributed by atoms with Gasteiger partial charge in [-0.2, -0.15) is 10.2 Å². The Morgan fingerprint density at radius 1 is 1.16 bits per heavy atom. The number of hydrogen-bond donors (Lipinski definition) is 3. The van der Waals surface area contributed by atoms with Crippen LogP contribution in [0.15, 0.2) is 48.8 Å². The molecule has 3 heterocycles. The predicted octanol–water partition coefficient (Wildman–Crippen LogP) is 3.51. The number of nitrogens with zero attached hydrogens (tertiary/aromatic N) is 4. The van der Waals surface area contributed by atoms with E-state index >= 15 is 0 Å². The number of hydrogen-bond acceptors (Lipinski definition) is 5. The monoisotopic (exact) mass is 415 g/mol. The summed E-state index contributed by atoms with van der Waals surface area (Å²) in [7, 11) is 0. The van der Waals surface area contributed by atoms with Gasteiger partial charge in [0.2, 0.25) is 5.91 Å². The zero-order valence-corrected chi connectivity index (χ0v) is 17.4. The van der Waals surface area contributed by atoms with Crippen molar-refractivity contribution in [1.82, 2.24) is 30.7 Å². The molecule has 1 atom stereocenters. The molecule has 2 aromatic heterocycles. The molecule has 0 radical (unpaired) electrons. The number of benzene rings is 2. The number of anilines is 1. The van der Waals surface area contributed by atoms with Crippen LogP contribution in [-0.2, 0) is 4.79 Å². The molecule has 1 aliphatic heterocycles. The van der Waals surface area contributed by atoms with Crippen LogP contribution in [0.3, 0.4) is 0 Å². The second kappa shape index (κ2) is 8.31. The molecular weight excluding hydrogens is 390 g/mol. The van der Waals surface area contributed by atoms with Crippen LogP contribution in [-0.4, -0.2) is 50.4 Å². The fourth-order valence-corrected chi connectivity index (χ4v) is 4.31. The van der Waals surface area contributed by atoms with Gasteiger partial charge in [0.05, 0.1) is 11.2 Å². The standard InChI is InChI=1S/C23H25N7O/c1-2-21(31)30(18-7-4-10-24-13-18)17-6-3-5-15(11-17)22-19-12-16(23-25-14-26-29-23)8-9-20(19)27-28-22/h3,5-6,8-9,11-12,14,18,24H,2,4,7,10,13H2,1H3,(H,27,28)(H,25,26,29). The van der Waals surface area contributed by atoms with Crippen LogP contribution in [0.2, 0.25) is 0 Å². The first kappa shape index (κ1) is 19.4. The van der Waals surface area contributed by atoms with E-state index in [9.17, 15) is 4.79 Å². The van der Waals surface area contributed by atoms with Crippen molar-refractivity contribution in [3.8, 4) is 22.6 Å². The number of piperidine rings is 1. The molecule has 0 spiro atoms. The highest BCUT2D eigenvalue weighted by atomic mass is 16.2. The fraction of sp³-hybridized carbons (Fsp3) is 0.304. The number of aromatic nitrogens is 5. The lowest BCUT2D eigenvalue weighted by Gasteiger charge is -2.35. The summed E-state index contributed by atoms with van der Waals surface area (Å²) in [6, 6.07) is 14.3. The maximum Gasteiger partial charge on any atom is 0.227 e. The summed E-state index contributed by atoms with van der Waals surface area (Å²) in [6.45, 7) is 3.75. The normalized spacial score (nSPS) is 16.5. The predicted molar refractivity (Wildman–Crippen MR) is 121 cm³/mol. The van der Waals surface area contributed by atoms with Gasteiger partial charge in [0.25, 0.3) is 0 Å². The number of nitrogens with one attached hydrogen (secondary N) is 3. The molecule has 1 fully saturated rings. The van der Waals surface area contributed by atoms with E-state index in [2.05, 4.69) is 36.8 Å². The molecule has 1 saturated heterocycles. The topological polar surface area (TPSA) is 103 Å². The molecule has 1 amide bonds. The highest BCUT2D eigenvalue weighted by molar-refractivity contribution is 5.98. The van der Waals surface area contributed by atoms with Crippen molar-refractivity contribution >= 4 is 22.5 Å². The number of aromatic amines is 2. The van der Waals surface area contributed by atoms with Gasteiger partial charge in [-0.3, -0.25) is 15.0 Å². The van der Waals surface area contributed by atoms with E-state index in [1.807, 2.05) is 48.2 Å². The van der Waals surface area contributed by atoms with Gasteiger partial charge in [-0.1, -0.05) is 19.1 Å². The largest absolute Gasteiger partial charge is 0.315 e. The minimum atomic E-state index is 0.143. The molecule has 8 nitrogen and oxygen atoms in total. The zero-order valence-electron chi connectivity index (χ0n) is 17.4. The Labute approximate surface area is 180 Å². The van der Waals surface area contributed by atoms with Crippen molar-refractivity contribution < 1.29 is 4.79 Å². The number of carbonyl (C=O) groups excluding carboxylic acids is 1. The Bertz CT molecular complexity index is 1190. The third-order valence-corrected chi connectivity index (χ3v) is 5.84. The Balaban J connectivity index is 1.55. The average Bonchev–Trinajstić information content (AvgIpc) is 3.50. The van der Waals surface area contributed by atoms with E-state index in [1.54, 1.807) is 6.33 Å². The molecule has 0 saturated carbocycles. The van der Waals surface area contributed by atoms with Crippen LogP contribution in [0, 0.1) is 0 Å². The van der Waals surface area contributed by atoms with Crippen LogP contribution < -0.4 is 10.2 Å². The minimum absolute atomic E-state index is 0.143. The number of carbonyl (C=O) groups is 1. The van der Waals surface area contributed by atoms with Crippen LogP contribution in [0.1, 0.15) is 26.2 Å². The highest BCUT2D eigenvalue weighted by Gasteiger charge is 2.26. The quantitative estimate of drug-likeness (QED) is 0.463. The smallest absolute Gasteiger partial charge is 0.227 e. The van der Waals surface area contributed by atoms with Gasteiger partial charge < -0.3 is 10.2 Å². The van der Waals surface area contributed by atoms with Gasteiger partial charge in [-0.05, 0) is 49.7 Å². The van der Waals surface area contributed by atoms with Crippen LogP contribution in [0.4, 0.5) is 5.69 Å². The van der Waals surface area contributed by atoms with Gasteiger partial charge in [0.1, 0.15) is 6.33 Å². The van der Waals surface area contributed by atoms with Gasteiger partial charge in [0, 0.05) is 41.2 Å². The van der Waals surface area contributed by atoms with Crippen molar-refractivity contribution in [2.75, 3.05) is 18.0 Å². The molecule has 4 aromatic rings. The lowest BCUT2D eigenvalue weighted by Crippen LogP contribution is -2.48. The Kier molecular flexibility index (Phi) is 5.21. The molecule has 1 aliphatic rings. The first-order valence-corrected chi connectivity index (χ1v) is 10.7. The van der Waals surface area contributed by atoms with Crippen molar-refractivity contribution in [1.29, 1.82) is 0 Å². The maximum absolute atomic E-state index is 12.9. The van der Waals surface area contributed by atoms with Gasteiger partial charge in [-0.25, -0.2) is 4.98 Å². The number of amides is 1. The molecule has 0 aliphatic carbocycles. The third kappa shape index (κ3) is 3.70. The minimum Gasteiger partial charge on any atom is -0.315 e. The molecule has 3 N–H and O–H groups in total. The molecule has 8 heteroatoms. The van der Waals surface area contributed by atoms with Gasteiger partial charge in [-0.15, -0.1) is 0 Å². The molecular formula is C23H25N7O. The van der Waals surface area contributed by atoms with E-state index < -0.39 is 0 Å². The first-order valence-electron chi connectivity index (χ1n) is 10.7. The summed E-state index contributed by atoms with van der Waals surface area (Å²) < 4.78 is 0. The third-order valence-electron chi connectivity index (χ3n) is 5.84. The van der Waals surface area contributed by atoms with Crippen LogP contribution in [0.25, 0.3) is 33.5 Å². The van der Waals surface area contributed by atoms with E-state index in [1.165, 1.54) is 0 Å². The molecule has 5 rings (SSSR count). The van der Waals surface area contributed by atoms with Crippen molar-refractivity contribution in [2.45, 2.75) is 32.2 Å². The molecule has 158 valence electrons. The molecule has 2 aromatic carbocycles. The first-order chi connectivity index (χ1) is 15.2. The molecule has 1 unspecified atom stereocenters. The second-order valence-corrected chi connectivity index (χ2v) is 7.82. The van der Waals surface area contributed by atoms with Crippen LogP contribution >= 0.6 is 0 Å². The van der Waals surface area contributed by atoms with Gasteiger partial charge >= 0.3 is 0 Å². The Morgan fingerprint density at radius 3 is 2.87 bits per heavy atom. The SMILES string of the molecule is CCC(=O)N(c1cccc(-c2n[nH]c3ccc(-c4nc[nH]n4)cc23)c1)C1CCCNC1. The summed E-state index contributed by atoms with van der Waals surface area (Å²) >= 11 is 0. The summed E-state index contributed by atoms with van der Waals surface area (Å²) in [6.07, 6.45) is 4.13. The highest BCUT2D eigenvalue weighted by Crippen LogP contribution is 2.32. The molecule has 0 bridgehead atoms. The van der Waals surface area contributed by atoms with Crippen LogP contribution in [0.5, 0.6) is 0 Å². The average molecular weight is 416 g/mol. The fourth-order valence-electron chi connectivity index (χ4n) is 4.31. The zero-order chi connectivity index (χ0) is 21.2. The van der Waals surface area contributed by atoms with E-state index in [4.69, 9.17) is 0 Å². The van der Waals surface area contributed by atoms with Crippen molar-refractivity contribution in [3.63, 3.8) is 0 Å².